The molecule has 7 nitrogen and oxygen atoms in total. The maximum atomic E-state index is 16.4. The predicted octanol–water partition coefficient (Wildman–Crippen LogP) is 6.96. The van der Waals surface area contributed by atoms with Crippen LogP contribution < -0.4 is 15.4 Å². The van der Waals surface area contributed by atoms with Crippen LogP contribution in [0.2, 0.25) is 5.02 Å². The van der Waals surface area contributed by atoms with Crippen molar-refractivity contribution < 1.29 is 31.1 Å². The third-order valence-electron chi connectivity index (χ3n) is 10.1. The van der Waals surface area contributed by atoms with E-state index in [-0.39, 0.29) is 48.1 Å². The van der Waals surface area contributed by atoms with Gasteiger partial charge in [-0.2, -0.15) is 23.1 Å². The summed E-state index contributed by atoms with van der Waals surface area (Å²) in [5, 5.41) is -0.495. The van der Waals surface area contributed by atoms with Crippen LogP contribution in [0.1, 0.15) is 51.0 Å². The molecule has 2 N–H and O–H groups in total. The Morgan fingerprint density at radius 1 is 1.20 bits per heavy atom. The highest BCUT2D eigenvalue weighted by Gasteiger charge is 2.77. The van der Waals surface area contributed by atoms with Crippen LogP contribution in [-0.4, -0.2) is 64.1 Å². The number of ether oxygens (including phenoxy) is 1. The lowest BCUT2D eigenvalue weighted by Gasteiger charge is -2.31. The van der Waals surface area contributed by atoms with Gasteiger partial charge in [-0.25, -0.2) is 13.2 Å². The Morgan fingerprint density at radius 3 is 2.59 bits per heavy atom. The summed E-state index contributed by atoms with van der Waals surface area (Å²) in [5.74, 6) is -3.12. The number of aromatic nitrogens is 3. The Bertz CT molecular complexity index is 1670. The van der Waals surface area contributed by atoms with Gasteiger partial charge in [0.1, 0.15) is 23.6 Å². The second-order valence-corrected chi connectivity index (χ2v) is 13.4. The molecule has 2 aliphatic heterocycles. The molecule has 4 aliphatic rings. The van der Waals surface area contributed by atoms with Crippen molar-refractivity contribution in [3.63, 3.8) is 0 Å². The van der Waals surface area contributed by atoms with Gasteiger partial charge in [0.25, 0.3) is 5.92 Å². The molecular formula is C30H31ClF6N6O. The van der Waals surface area contributed by atoms with Crippen molar-refractivity contribution in [2.45, 2.75) is 69.1 Å². The van der Waals surface area contributed by atoms with E-state index in [1.165, 1.54) is 6.20 Å². The van der Waals surface area contributed by atoms with E-state index in [2.05, 4.69) is 19.9 Å². The Kier molecular flexibility index (Phi) is 6.55. The van der Waals surface area contributed by atoms with E-state index < -0.39 is 50.7 Å². The zero-order chi connectivity index (χ0) is 31.4. The molecule has 7 rings (SSSR count). The molecule has 1 unspecified atom stereocenters. The Morgan fingerprint density at radius 2 is 1.93 bits per heavy atom. The highest BCUT2D eigenvalue weighted by atomic mass is 35.5. The van der Waals surface area contributed by atoms with Crippen molar-refractivity contribution in [1.82, 2.24) is 19.9 Å². The van der Waals surface area contributed by atoms with Gasteiger partial charge in [-0.15, -0.1) is 0 Å². The van der Waals surface area contributed by atoms with E-state index in [9.17, 15) is 22.0 Å². The van der Waals surface area contributed by atoms with Gasteiger partial charge in [0.05, 0.1) is 26.9 Å². The van der Waals surface area contributed by atoms with Crippen LogP contribution in [0.5, 0.6) is 6.01 Å². The summed E-state index contributed by atoms with van der Waals surface area (Å²) in [6.45, 7) is 3.02. The summed E-state index contributed by atoms with van der Waals surface area (Å²) in [6, 6.07) is 1.75. The van der Waals surface area contributed by atoms with Crippen LogP contribution in [0.15, 0.2) is 18.3 Å². The van der Waals surface area contributed by atoms with Crippen molar-refractivity contribution >= 4 is 34.0 Å². The lowest BCUT2D eigenvalue weighted by molar-refractivity contribution is -0.137. The van der Waals surface area contributed by atoms with Crippen LogP contribution in [-0.2, 0) is 6.18 Å². The standard InChI is InChI=1S/C30H31ClF6N6O/c1-15(16-4-5-16)42(2)25-19-10-39-23(18-8-17(38)9-20(31)21(18)30(35,36)37)22(32)24(19)40-26(41-25)44-14-28-6-3-7-43(28)13-27(11-28)12-29(27,33)34/h8-10,15-16H,3-7,11-14,38H2,1-2H3/t15?,27-,28-/m0/s1. The van der Waals surface area contributed by atoms with E-state index in [0.29, 0.717) is 31.2 Å². The summed E-state index contributed by atoms with van der Waals surface area (Å²) >= 11 is 5.94. The second-order valence-electron chi connectivity index (χ2n) is 13.0. The minimum Gasteiger partial charge on any atom is -0.461 e. The summed E-state index contributed by atoms with van der Waals surface area (Å²) < 4.78 is 93.3. The fourth-order valence-electron chi connectivity index (χ4n) is 7.38. The molecule has 2 aliphatic carbocycles. The van der Waals surface area contributed by atoms with Gasteiger partial charge in [-0.05, 0) is 63.6 Å². The highest BCUT2D eigenvalue weighted by Crippen LogP contribution is 2.69. The first-order valence-electron chi connectivity index (χ1n) is 14.7. The monoisotopic (exact) mass is 640 g/mol. The van der Waals surface area contributed by atoms with Gasteiger partial charge in [-0.3, -0.25) is 9.88 Å². The van der Waals surface area contributed by atoms with Crippen molar-refractivity contribution in [2.24, 2.45) is 11.3 Å². The van der Waals surface area contributed by atoms with Crippen molar-refractivity contribution in [1.29, 1.82) is 0 Å². The largest absolute Gasteiger partial charge is 0.461 e. The Hall–Kier alpha value is -3.06. The topological polar surface area (TPSA) is 80.4 Å². The first-order chi connectivity index (χ1) is 20.6. The molecule has 1 spiro atoms. The van der Waals surface area contributed by atoms with Crippen LogP contribution in [0, 0.1) is 17.2 Å². The number of hydrogen-bond acceptors (Lipinski definition) is 7. The SMILES string of the molecule is CC(C1CC1)N(C)c1nc(OC[C@@]23CCCN2C[C@@]2(CC2(F)F)C3)nc2c(F)c(-c3cc(N)cc(Cl)c3C(F)(F)F)ncc12. The van der Waals surface area contributed by atoms with Gasteiger partial charge in [0, 0.05) is 43.5 Å². The molecular weight excluding hydrogens is 610 g/mol. The quantitative estimate of drug-likeness (QED) is 0.221. The third kappa shape index (κ3) is 4.64. The van der Waals surface area contributed by atoms with Gasteiger partial charge in [0.15, 0.2) is 5.82 Å². The lowest BCUT2D eigenvalue weighted by Crippen LogP contribution is -2.43. The van der Waals surface area contributed by atoms with E-state index in [4.69, 9.17) is 22.1 Å². The molecule has 0 amide bonds. The molecule has 2 saturated carbocycles. The molecule has 0 radical (unpaired) electrons. The van der Waals surface area contributed by atoms with E-state index in [1.807, 2.05) is 11.8 Å². The number of rotatable bonds is 7. The maximum Gasteiger partial charge on any atom is 0.418 e. The van der Waals surface area contributed by atoms with Crippen molar-refractivity contribution in [3.8, 4) is 17.3 Å². The van der Waals surface area contributed by atoms with Crippen molar-refractivity contribution in [2.75, 3.05) is 37.4 Å². The van der Waals surface area contributed by atoms with E-state index in [1.54, 1.807) is 7.05 Å². The number of nitrogen functional groups attached to an aromatic ring is 1. The number of nitrogens with two attached hydrogens (primary N) is 1. The molecule has 2 saturated heterocycles. The zero-order valence-electron chi connectivity index (χ0n) is 24.1. The number of alkyl halides is 5. The van der Waals surface area contributed by atoms with Crippen molar-refractivity contribution in [3.05, 3.63) is 34.7 Å². The zero-order valence-corrected chi connectivity index (χ0v) is 24.9. The number of benzene rings is 1. The third-order valence-corrected chi connectivity index (χ3v) is 10.4. The molecule has 236 valence electrons. The van der Waals surface area contributed by atoms with Gasteiger partial charge in [-0.1, -0.05) is 11.6 Å². The second kappa shape index (κ2) is 9.72. The van der Waals surface area contributed by atoms with Gasteiger partial charge >= 0.3 is 12.2 Å². The predicted molar refractivity (Wildman–Crippen MR) is 153 cm³/mol. The van der Waals surface area contributed by atoms with E-state index >= 15 is 4.39 Å². The van der Waals surface area contributed by atoms with Gasteiger partial charge in [0.2, 0.25) is 0 Å². The number of pyridine rings is 1. The van der Waals surface area contributed by atoms with Crippen LogP contribution in [0.3, 0.4) is 0 Å². The summed E-state index contributed by atoms with van der Waals surface area (Å²) in [4.78, 5) is 17.0. The molecule has 2 aromatic heterocycles. The molecule has 4 heterocycles. The summed E-state index contributed by atoms with van der Waals surface area (Å²) in [7, 11) is 1.80. The molecule has 4 fully saturated rings. The summed E-state index contributed by atoms with van der Waals surface area (Å²) in [5.41, 5.74) is 1.25. The first-order valence-corrected chi connectivity index (χ1v) is 15.0. The molecule has 0 bridgehead atoms. The number of hydrogen-bond donors (Lipinski definition) is 1. The minimum atomic E-state index is -4.92. The lowest BCUT2D eigenvalue weighted by atomic mass is 9.89. The van der Waals surface area contributed by atoms with Crippen LogP contribution in [0.4, 0.5) is 37.8 Å². The molecule has 3 aromatic rings. The molecule has 1 aromatic carbocycles. The van der Waals surface area contributed by atoms with Crippen LogP contribution >= 0.6 is 11.6 Å². The van der Waals surface area contributed by atoms with Gasteiger partial charge < -0.3 is 15.4 Å². The highest BCUT2D eigenvalue weighted by molar-refractivity contribution is 6.32. The average Bonchev–Trinajstić information content (AvgIpc) is 3.78. The number of anilines is 2. The fourth-order valence-corrected chi connectivity index (χ4v) is 7.72. The normalized spacial score (nSPS) is 26.8. The Balaban J connectivity index is 1.32. The van der Waals surface area contributed by atoms with E-state index in [0.717, 1.165) is 31.4 Å². The minimum absolute atomic E-state index is 0.0175. The average molecular weight is 641 g/mol. The Labute approximate surface area is 254 Å². The van der Waals surface area contributed by atoms with Crippen LogP contribution in [0.25, 0.3) is 22.2 Å². The summed E-state index contributed by atoms with van der Waals surface area (Å²) in [6.07, 6.45) is 0.0163. The number of fused-ring (bicyclic) bond motifs is 2. The smallest absolute Gasteiger partial charge is 0.418 e. The first kappa shape index (κ1) is 29.6. The number of halogens is 7. The molecule has 14 heteroatoms. The fraction of sp³-hybridized carbons (Fsp3) is 0.567. The molecule has 3 atom stereocenters. The molecule has 44 heavy (non-hydrogen) atoms. The maximum absolute atomic E-state index is 16.4. The number of nitrogens with zero attached hydrogens (tertiary/aromatic N) is 5.